The average Bonchev–Trinajstić information content (AvgIpc) is 2.15. The lowest BCUT2D eigenvalue weighted by Gasteiger charge is -2.06. The van der Waals surface area contributed by atoms with Gasteiger partial charge in [0.15, 0.2) is 0 Å². The fourth-order valence-corrected chi connectivity index (χ4v) is 1.23. The van der Waals surface area contributed by atoms with Crippen LogP contribution in [0.2, 0.25) is 0 Å². The van der Waals surface area contributed by atoms with Crippen LogP contribution in [0, 0.1) is 11.7 Å². The fourth-order valence-electron chi connectivity index (χ4n) is 1.23. The van der Waals surface area contributed by atoms with Crippen molar-refractivity contribution < 1.29 is 4.39 Å². The number of hydrogen-bond donors (Lipinski definition) is 1. The van der Waals surface area contributed by atoms with Crippen LogP contribution in [0.5, 0.6) is 0 Å². The molecule has 3 heteroatoms. The molecule has 0 radical (unpaired) electrons. The van der Waals surface area contributed by atoms with Crippen LogP contribution in [-0.2, 0) is 6.54 Å². The van der Waals surface area contributed by atoms with Crippen molar-refractivity contribution in [3.63, 3.8) is 0 Å². The van der Waals surface area contributed by atoms with Gasteiger partial charge in [0, 0.05) is 6.54 Å². The first-order chi connectivity index (χ1) is 6.68. The molecule has 0 aliphatic heterocycles. The van der Waals surface area contributed by atoms with Crippen molar-refractivity contribution in [1.29, 1.82) is 0 Å². The van der Waals surface area contributed by atoms with Gasteiger partial charge in [0.2, 0.25) is 0 Å². The molecule has 0 saturated carbocycles. The molecule has 1 N–H and O–H groups in total. The Hall–Kier alpha value is -0.600. The van der Waals surface area contributed by atoms with Crippen molar-refractivity contribution in [3.8, 4) is 0 Å². The normalized spacial score (nSPS) is 10.1. The SMILES string of the molecule is CC(C)CCNCc1ccc(F)cc1.Cl. The van der Waals surface area contributed by atoms with Crippen LogP contribution in [0.1, 0.15) is 25.8 Å². The maximum absolute atomic E-state index is 12.6. The van der Waals surface area contributed by atoms with Gasteiger partial charge in [0.25, 0.3) is 0 Å². The minimum absolute atomic E-state index is 0. The smallest absolute Gasteiger partial charge is 0.123 e. The molecule has 0 amide bonds. The molecule has 1 aromatic carbocycles. The molecule has 86 valence electrons. The monoisotopic (exact) mass is 231 g/mol. The number of halogens is 2. The Kier molecular flexibility index (Phi) is 7.35. The maximum atomic E-state index is 12.6. The van der Waals surface area contributed by atoms with E-state index in [1.807, 2.05) is 12.1 Å². The third-order valence-electron chi connectivity index (χ3n) is 2.14. The van der Waals surface area contributed by atoms with Gasteiger partial charge in [-0.25, -0.2) is 4.39 Å². The minimum Gasteiger partial charge on any atom is -0.313 e. The molecule has 0 aromatic heterocycles. The Morgan fingerprint density at radius 3 is 2.33 bits per heavy atom. The third-order valence-corrected chi connectivity index (χ3v) is 2.14. The van der Waals surface area contributed by atoms with Gasteiger partial charge in [0.1, 0.15) is 5.82 Å². The lowest BCUT2D eigenvalue weighted by Crippen LogP contribution is -2.16. The molecular weight excluding hydrogens is 213 g/mol. The first-order valence-electron chi connectivity index (χ1n) is 5.13. The quantitative estimate of drug-likeness (QED) is 0.767. The van der Waals surface area contributed by atoms with E-state index in [2.05, 4.69) is 19.2 Å². The molecular formula is C12H19ClFN. The lowest BCUT2D eigenvalue weighted by atomic mass is 10.1. The Labute approximate surface area is 97.5 Å². The minimum atomic E-state index is -0.170. The highest BCUT2D eigenvalue weighted by atomic mass is 35.5. The molecule has 15 heavy (non-hydrogen) atoms. The van der Waals surface area contributed by atoms with Crippen molar-refractivity contribution in [3.05, 3.63) is 35.6 Å². The number of hydrogen-bond acceptors (Lipinski definition) is 1. The average molecular weight is 232 g/mol. The van der Waals surface area contributed by atoms with Crippen molar-refractivity contribution >= 4 is 12.4 Å². The summed E-state index contributed by atoms with van der Waals surface area (Å²) in [5, 5.41) is 3.33. The number of benzene rings is 1. The standard InChI is InChI=1S/C12H18FN.ClH/c1-10(2)7-8-14-9-11-3-5-12(13)6-4-11;/h3-6,10,14H,7-9H2,1-2H3;1H. The molecule has 0 aliphatic carbocycles. The van der Waals surface area contributed by atoms with Gasteiger partial charge in [-0.2, -0.15) is 0 Å². The summed E-state index contributed by atoms with van der Waals surface area (Å²) in [4.78, 5) is 0. The summed E-state index contributed by atoms with van der Waals surface area (Å²) >= 11 is 0. The van der Waals surface area contributed by atoms with Gasteiger partial charge in [-0.1, -0.05) is 26.0 Å². The number of rotatable bonds is 5. The Morgan fingerprint density at radius 2 is 1.80 bits per heavy atom. The van der Waals surface area contributed by atoms with E-state index in [-0.39, 0.29) is 18.2 Å². The van der Waals surface area contributed by atoms with E-state index >= 15 is 0 Å². The summed E-state index contributed by atoms with van der Waals surface area (Å²) in [7, 11) is 0. The van der Waals surface area contributed by atoms with Crippen LogP contribution in [0.4, 0.5) is 4.39 Å². The van der Waals surface area contributed by atoms with E-state index in [0.29, 0.717) is 0 Å². The third kappa shape index (κ3) is 6.47. The van der Waals surface area contributed by atoms with Crippen molar-refractivity contribution in [2.75, 3.05) is 6.54 Å². The predicted molar refractivity (Wildman–Crippen MR) is 64.8 cm³/mol. The molecule has 0 bridgehead atoms. The van der Waals surface area contributed by atoms with Gasteiger partial charge in [-0.15, -0.1) is 12.4 Å². The summed E-state index contributed by atoms with van der Waals surface area (Å²) in [5.74, 6) is 0.562. The highest BCUT2D eigenvalue weighted by Gasteiger charge is 1.95. The van der Waals surface area contributed by atoms with Crippen molar-refractivity contribution in [2.24, 2.45) is 5.92 Å². The summed E-state index contributed by atoms with van der Waals surface area (Å²) in [5.41, 5.74) is 1.13. The summed E-state index contributed by atoms with van der Waals surface area (Å²) in [6.45, 7) is 6.27. The molecule has 0 unspecified atom stereocenters. The van der Waals surface area contributed by atoms with Crippen LogP contribution in [0.3, 0.4) is 0 Å². The highest BCUT2D eigenvalue weighted by Crippen LogP contribution is 2.02. The Morgan fingerprint density at radius 1 is 1.20 bits per heavy atom. The molecule has 0 atom stereocenters. The zero-order valence-corrected chi connectivity index (χ0v) is 10.1. The molecule has 1 nitrogen and oxygen atoms in total. The van der Waals surface area contributed by atoms with E-state index in [1.54, 1.807) is 0 Å². The summed E-state index contributed by atoms with van der Waals surface area (Å²) in [6, 6.07) is 6.63. The van der Waals surface area contributed by atoms with Crippen LogP contribution in [0.25, 0.3) is 0 Å². The second-order valence-corrected chi connectivity index (χ2v) is 3.99. The fraction of sp³-hybridized carbons (Fsp3) is 0.500. The first kappa shape index (κ1) is 14.4. The predicted octanol–water partition coefficient (Wildman–Crippen LogP) is 3.38. The lowest BCUT2D eigenvalue weighted by molar-refractivity contribution is 0.537. The van der Waals surface area contributed by atoms with Gasteiger partial charge < -0.3 is 5.32 Å². The summed E-state index contributed by atoms with van der Waals surface area (Å²) in [6.07, 6.45) is 1.18. The molecule has 0 heterocycles. The van der Waals surface area contributed by atoms with E-state index < -0.39 is 0 Å². The maximum Gasteiger partial charge on any atom is 0.123 e. The Balaban J connectivity index is 0.00000196. The van der Waals surface area contributed by atoms with Crippen molar-refractivity contribution in [2.45, 2.75) is 26.8 Å². The topological polar surface area (TPSA) is 12.0 Å². The first-order valence-corrected chi connectivity index (χ1v) is 5.13. The second-order valence-electron chi connectivity index (χ2n) is 3.99. The second kappa shape index (κ2) is 7.66. The van der Waals surface area contributed by atoms with Gasteiger partial charge in [0.05, 0.1) is 0 Å². The zero-order chi connectivity index (χ0) is 10.4. The molecule has 0 fully saturated rings. The molecule has 1 rings (SSSR count). The van der Waals surface area contributed by atoms with E-state index in [4.69, 9.17) is 0 Å². The molecule has 0 saturated heterocycles. The van der Waals surface area contributed by atoms with Gasteiger partial charge in [-0.05, 0) is 36.6 Å². The van der Waals surface area contributed by atoms with Crippen LogP contribution >= 0.6 is 12.4 Å². The van der Waals surface area contributed by atoms with E-state index in [9.17, 15) is 4.39 Å². The van der Waals surface area contributed by atoms with Gasteiger partial charge in [-0.3, -0.25) is 0 Å². The number of nitrogens with one attached hydrogen (secondary N) is 1. The highest BCUT2D eigenvalue weighted by molar-refractivity contribution is 5.85. The summed E-state index contributed by atoms with van der Waals surface area (Å²) < 4.78 is 12.6. The van der Waals surface area contributed by atoms with Crippen molar-refractivity contribution in [1.82, 2.24) is 5.32 Å². The molecule has 0 spiro atoms. The zero-order valence-electron chi connectivity index (χ0n) is 9.29. The van der Waals surface area contributed by atoms with Gasteiger partial charge >= 0.3 is 0 Å². The molecule has 1 aromatic rings. The largest absolute Gasteiger partial charge is 0.313 e. The van der Waals surface area contributed by atoms with E-state index in [0.717, 1.165) is 24.6 Å². The van der Waals surface area contributed by atoms with Crippen LogP contribution in [-0.4, -0.2) is 6.54 Å². The Bertz CT molecular complexity index is 259. The van der Waals surface area contributed by atoms with Crippen LogP contribution in [0.15, 0.2) is 24.3 Å². The molecule has 0 aliphatic rings. The van der Waals surface area contributed by atoms with E-state index in [1.165, 1.54) is 18.6 Å². The van der Waals surface area contributed by atoms with Crippen LogP contribution < -0.4 is 5.32 Å².